The molecular weight excluding hydrogens is 446 g/mol. The Kier molecular flexibility index (Phi) is 5.86. The largest absolute Gasteiger partial charge is 0.482 e. The molecule has 0 saturated carbocycles. The maximum Gasteiger partial charge on any atom is 0.265 e. The lowest BCUT2D eigenvalue weighted by Gasteiger charge is -2.29. The molecule has 0 atom stereocenters. The van der Waals surface area contributed by atoms with E-state index in [9.17, 15) is 9.59 Å². The molecule has 7 heteroatoms. The summed E-state index contributed by atoms with van der Waals surface area (Å²) in [7, 11) is 0. The molecule has 6 nitrogen and oxygen atoms in total. The molecule has 0 unspecified atom stereocenters. The number of hydrogen-bond donors (Lipinski definition) is 1. The average molecular weight is 470 g/mol. The van der Waals surface area contributed by atoms with Crippen LogP contribution < -0.4 is 15.0 Å². The minimum Gasteiger partial charge on any atom is -0.482 e. The van der Waals surface area contributed by atoms with E-state index in [1.165, 1.54) is 4.90 Å². The minimum absolute atomic E-state index is 0.0985. The number of anilines is 2. The third kappa shape index (κ3) is 4.30. The van der Waals surface area contributed by atoms with Crippen LogP contribution in [0.5, 0.6) is 5.75 Å². The van der Waals surface area contributed by atoms with Crippen molar-refractivity contribution in [2.45, 2.75) is 13.8 Å². The number of nitrogens with one attached hydrogen (secondary N) is 1. The van der Waals surface area contributed by atoms with Gasteiger partial charge in [0.25, 0.3) is 5.91 Å². The fourth-order valence-electron chi connectivity index (χ4n) is 3.99. The number of nitrogens with zero attached hydrogens (tertiary/aromatic N) is 2. The molecule has 2 amide bonds. The number of hydrogen-bond acceptors (Lipinski definition) is 5. The van der Waals surface area contributed by atoms with Crippen molar-refractivity contribution < 1.29 is 14.3 Å². The number of rotatable bonds is 5. The van der Waals surface area contributed by atoms with Crippen LogP contribution in [-0.4, -0.2) is 29.9 Å². The molecule has 1 aliphatic rings. The van der Waals surface area contributed by atoms with E-state index in [1.807, 2.05) is 86.0 Å². The Morgan fingerprint density at radius 1 is 1.03 bits per heavy atom. The zero-order chi connectivity index (χ0) is 23.7. The summed E-state index contributed by atoms with van der Waals surface area (Å²) in [5.41, 5.74) is 6.02. The summed E-state index contributed by atoms with van der Waals surface area (Å²) in [5, 5.41) is 5.88. The maximum atomic E-state index is 12.9. The molecule has 0 bridgehead atoms. The Balaban J connectivity index is 1.41. The van der Waals surface area contributed by atoms with Crippen LogP contribution in [0.4, 0.5) is 11.4 Å². The van der Waals surface area contributed by atoms with Crippen LogP contribution in [0.25, 0.3) is 21.8 Å². The van der Waals surface area contributed by atoms with Crippen molar-refractivity contribution in [2.24, 2.45) is 0 Å². The highest BCUT2D eigenvalue weighted by Crippen LogP contribution is 2.37. The van der Waals surface area contributed by atoms with E-state index in [0.29, 0.717) is 11.4 Å². The Labute approximate surface area is 201 Å². The summed E-state index contributed by atoms with van der Waals surface area (Å²) in [4.78, 5) is 31.9. The summed E-state index contributed by atoms with van der Waals surface area (Å²) in [6.45, 7) is 3.69. The van der Waals surface area contributed by atoms with Crippen molar-refractivity contribution in [3.05, 3.63) is 83.2 Å². The first-order valence-corrected chi connectivity index (χ1v) is 11.8. The van der Waals surface area contributed by atoms with Gasteiger partial charge in [0.1, 0.15) is 17.3 Å². The van der Waals surface area contributed by atoms with Crippen molar-refractivity contribution in [3.63, 3.8) is 0 Å². The van der Waals surface area contributed by atoms with Gasteiger partial charge in [-0.25, -0.2) is 4.98 Å². The van der Waals surface area contributed by atoms with Gasteiger partial charge in [-0.15, -0.1) is 11.3 Å². The summed E-state index contributed by atoms with van der Waals surface area (Å²) in [6.07, 6.45) is 0. The predicted octanol–water partition coefficient (Wildman–Crippen LogP) is 5.46. The van der Waals surface area contributed by atoms with E-state index in [-0.39, 0.29) is 25.0 Å². The Morgan fingerprint density at radius 3 is 2.56 bits per heavy atom. The molecule has 34 heavy (non-hydrogen) atoms. The monoisotopic (exact) mass is 469 g/mol. The molecular formula is C27H23N3O3S. The van der Waals surface area contributed by atoms with Gasteiger partial charge < -0.3 is 10.1 Å². The molecule has 5 rings (SSSR count). The van der Waals surface area contributed by atoms with E-state index in [1.54, 1.807) is 11.3 Å². The molecule has 1 aromatic heterocycles. The Morgan fingerprint density at radius 2 is 1.79 bits per heavy atom. The van der Waals surface area contributed by atoms with Gasteiger partial charge in [0.2, 0.25) is 5.91 Å². The number of carbonyl (C=O) groups excluding carboxylic acids is 2. The zero-order valence-electron chi connectivity index (χ0n) is 18.9. The number of thiazole rings is 1. The topological polar surface area (TPSA) is 71.5 Å². The molecule has 0 spiro atoms. The molecule has 1 N–H and O–H groups in total. The van der Waals surface area contributed by atoms with Gasteiger partial charge in [0.05, 0.1) is 11.4 Å². The van der Waals surface area contributed by atoms with E-state index in [2.05, 4.69) is 5.32 Å². The Bertz CT molecular complexity index is 1360. The third-order valence-electron chi connectivity index (χ3n) is 5.77. The first-order valence-electron chi connectivity index (χ1n) is 10.9. The summed E-state index contributed by atoms with van der Waals surface area (Å²) in [5.74, 6) is 0.0512. The molecule has 170 valence electrons. The van der Waals surface area contributed by atoms with Crippen molar-refractivity contribution in [3.8, 4) is 27.6 Å². The first-order chi connectivity index (χ1) is 16.5. The summed E-state index contributed by atoms with van der Waals surface area (Å²) in [6, 6.07) is 21.5. The molecule has 0 fully saturated rings. The van der Waals surface area contributed by atoms with Gasteiger partial charge in [0, 0.05) is 22.2 Å². The minimum atomic E-state index is -0.260. The van der Waals surface area contributed by atoms with Crippen molar-refractivity contribution in [2.75, 3.05) is 23.4 Å². The van der Waals surface area contributed by atoms with Gasteiger partial charge in [-0.2, -0.15) is 0 Å². The number of ether oxygens (including phenoxy) is 1. The molecule has 3 aromatic carbocycles. The van der Waals surface area contributed by atoms with Crippen molar-refractivity contribution >= 4 is 34.5 Å². The van der Waals surface area contributed by atoms with Crippen LogP contribution in [0.2, 0.25) is 0 Å². The number of aryl methyl sites for hydroxylation is 2. The summed E-state index contributed by atoms with van der Waals surface area (Å²) >= 11 is 1.56. The average Bonchev–Trinajstić information content (AvgIpc) is 3.34. The van der Waals surface area contributed by atoms with Crippen molar-refractivity contribution in [1.29, 1.82) is 0 Å². The van der Waals surface area contributed by atoms with Gasteiger partial charge >= 0.3 is 0 Å². The molecule has 0 radical (unpaired) electrons. The van der Waals surface area contributed by atoms with Crippen LogP contribution >= 0.6 is 11.3 Å². The molecule has 0 saturated heterocycles. The van der Waals surface area contributed by atoms with E-state index in [0.717, 1.165) is 38.6 Å². The Hall–Kier alpha value is -3.97. The summed E-state index contributed by atoms with van der Waals surface area (Å²) < 4.78 is 5.63. The number of carbonyl (C=O) groups is 2. The van der Waals surface area contributed by atoms with Crippen LogP contribution in [0.1, 0.15) is 11.1 Å². The highest BCUT2D eigenvalue weighted by molar-refractivity contribution is 7.13. The fourth-order valence-corrected chi connectivity index (χ4v) is 4.82. The number of para-hydroxylation sites is 1. The van der Waals surface area contributed by atoms with Crippen LogP contribution in [0.15, 0.2) is 72.1 Å². The standard InChI is InChI=1S/C27H23N3O3S/c1-17-7-6-8-18(2)26(17)29-24(31)14-30-22-13-20(11-12-23(22)33-15-25(30)32)21-16-34-27(28-21)19-9-4-3-5-10-19/h3-13,16H,14-15H2,1-2H3,(H,29,31). The van der Waals surface area contributed by atoms with Gasteiger partial charge in [-0.1, -0.05) is 48.5 Å². The molecule has 2 heterocycles. The van der Waals surface area contributed by atoms with Gasteiger partial charge in [0.15, 0.2) is 6.61 Å². The normalized spacial score (nSPS) is 12.8. The number of amides is 2. The van der Waals surface area contributed by atoms with Crippen LogP contribution in [0.3, 0.4) is 0 Å². The van der Waals surface area contributed by atoms with Gasteiger partial charge in [-0.05, 0) is 43.2 Å². The van der Waals surface area contributed by atoms with Crippen LogP contribution in [0, 0.1) is 13.8 Å². The highest BCUT2D eigenvalue weighted by Gasteiger charge is 2.28. The lowest BCUT2D eigenvalue weighted by Crippen LogP contribution is -2.43. The zero-order valence-corrected chi connectivity index (χ0v) is 19.7. The van der Waals surface area contributed by atoms with Crippen LogP contribution in [-0.2, 0) is 9.59 Å². The van der Waals surface area contributed by atoms with E-state index >= 15 is 0 Å². The second-order valence-corrected chi connectivity index (χ2v) is 9.03. The molecule has 0 aliphatic carbocycles. The lowest BCUT2D eigenvalue weighted by molar-refractivity contribution is -0.123. The molecule has 4 aromatic rings. The SMILES string of the molecule is Cc1cccc(C)c1NC(=O)CN1C(=O)COc2ccc(-c3csc(-c4ccccc4)n3)cc21. The number of benzene rings is 3. The predicted molar refractivity (Wildman–Crippen MR) is 135 cm³/mol. The highest BCUT2D eigenvalue weighted by atomic mass is 32.1. The lowest BCUT2D eigenvalue weighted by atomic mass is 10.1. The smallest absolute Gasteiger partial charge is 0.265 e. The quantitative estimate of drug-likeness (QED) is 0.421. The molecule has 1 aliphatic heterocycles. The first kappa shape index (κ1) is 21.9. The van der Waals surface area contributed by atoms with E-state index < -0.39 is 0 Å². The van der Waals surface area contributed by atoms with E-state index in [4.69, 9.17) is 9.72 Å². The maximum absolute atomic E-state index is 12.9. The number of fused-ring (bicyclic) bond motifs is 1. The second-order valence-electron chi connectivity index (χ2n) is 8.17. The third-order valence-corrected chi connectivity index (χ3v) is 6.66. The van der Waals surface area contributed by atoms with Crippen molar-refractivity contribution in [1.82, 2.24) is 4.98 Å². The van der Waals surface area contributed by atoms with Gasteiger partial charge in [-0.3, -0.25) is 14.5 Å². The second kappa shape index (κ2) is 9.11. The number of aromatic nitrogens is 1. The fraction of sp³-hybridized carbons (Fsp3) is 0.148.